The third-order valence-corrected chi connectivity index (χ3v) is 7.83. The van der Waals surface area contributed by atoms with E-state index in [1.165, 1.54) is 0 Å². The molecule has 0 radical (unpaired) electrons. The van der Waals surface area contributed by atoms with Gasteiger partial charge >= 0.3 is 0 Å². The zero-order valence-electron chi connectivity index (χ0n) is 17.8. The average Bonchev–Trinajstić information content (AvgIpc) is 2.59. The molecule has 3 nitrogen and oxygen atoms in total. The molecule has 0 aromatic carbocycles. The third kappa shape index (κ3) is 4.38. The Labute approximate surface area is 165 Å². The molecule has 4 unspecified atom stereocenters. The first-order valence-corrected chi connectivity index (χ1v) is 11.2. The van der Waals surface area contributed by atoms with Crippen molar-refractivity contribution in [2.45, 2.75) is 98.3 Å². The van der Waals surface area contributed by atoms with Gasteiger partial charge in [-0.05, 0) is 51.4 Å². The molecule has 0 amide bonds. The second kappa shape index (κ2) is 7.79. The monoisotopic (exact) mass is 374 g/mol. The smallest absolute Gasteiger partial charge is 0.141 e. The second-order valence-electron chi connectivity index (χ2n) is 10.9. The lowest BCUT2D eigenvalue weighted by molar-refractivity contribution is -0.138. The van der Waals surface area contributed by atoms with Crippen LogP contribution in [0.4, 0.5) is 0 Å². The summed E-state index contributed by atoms with van der Waals surface area (Å²) in [6, 6.07) is 0. The Morgan fingerprint density at radius 1 is 0.630 bits per heavy atom. The molecular formula is C24H38O3. The summed E-state index contributed by atoms with van der Waals surface area (Å²) in [5.41, 5.74) is -0.444. The fourth-order valence-electron chi connectivity index (χ4n) is 6.03. The van der Waals surface area contributed by atoms with E-state index < -0.39 is 0 Å². The van der Waals surface area contributed by atoms with Crippen LogP contribution in [0.5, 0.6) is 0 Å². The molecule has 0 aromatic heterocycles. The van der Waals surface area contributed by atoms with E-state index in [0.29, 0.717) is 17.3 Å². The van der Waals surface area contributed by atoms with Gasteiger partial charge in [-0.3, -0.25) is 14.4 Å². The van der Waals surface area contributed by atoms with Crippen LogP contribution in [0.2, 0.25) is 0 Å². The fourth-order valence-corrected chi connectivity index (χ4v) is 6.03. The molecule has 0 spiro atoms. The summed E-state index contributed by atoms with van der Waals surface area (Å²) in [6.07, 6.45) is 10.5. The van der Waals surface area contributed by atoms with Crippen LogP contribution < -0.4 is 0 Å². The Hall–Kier alpha value is -0.990. The van der Waals surface area contributed by atoms with Crippen LogP contribution in [0.3, 0.4) is 0 Å². The van der Waals surface area contributed by atoms with Crippen molar-refractivity contribution in [3.63, 3.8) is 0 Å². The first kappa shape index (κ1) is 20.7. The van der Waals surface area contributed by atoms with Crippen molar-refractivity contribution in [3.8, 4) is 0 Å². The van der Waals surface area contributed by atoms with Crippen molar-refractivity contribution in [3.05, 3.63) is 0 Å². The molecule has 4 atom stereocenters. The van der Waals surface area contributed by atoms with Gasteiger partial charge in [-0.2, -0.15) is 0 Å². The number of carbonyl (C=O) groups is 3. The van der Waals surface area contributed by atoms with Gasteiger partial charge in [-0.25, -0.2) is 0 Å². The van der Waals surface area contributed by atoms with E-state index in [9.17, 15) is 14.4 Å². The van der Waals surface area contributed by atoms with E-state index in [0.717, 1.165) is 70.6 Å². The molecule has 27 heavy (non-hydrogen) atoms. The highest BCUT2D eigenvalue weighted by atomic mass is 16.1. The van der Waals surface area contributed by atoms with Gasteiger partial charge in [0, 0.05) is 34.5 Å². The van der Waals surface area contributed by atoms with E-state index >= 15 is 0 Å². The lowest BCUT2D eigenvalue weighted by Gasteiger charge is -2.38. The summed E-state index contributed by atoms with van der Waals surface area (Å²) >= 11 is 0. The molecule has 3 heteroatoms. The van der Waals surface area contributed by atoms with E-state index in [-0.39, 0.29) is 34.5 Å². The average molecular weight is 375 g/mol. The Morgan fingerprint density at radius 2 is 1.00 bits per heavy atom. The number of carbonyl (C=O) groups excluding carboxylic acids is 3. The number of ketones is 3. The van der Waals surface area contributed by atoms with Gasteiger partial charge < -0.3 is 0 Å². The van der Waals surface area contributed by atoms with Crippen LogP contribution in [0.15, 0.2) is 0 Å². The number of hydrogen-bond acceptors (Lipinski definition) is 3. The summed E-state index contributed by atoms with van der Waals surface area (Å²) in [5, 5.41) is 0. The molecule has 3 rings (SSSR count). The van der Waals surface area contributed by atoms with E-state index in [2.05, 4.69) is 27.7 Å². The zero-order valence-corrected chi connectivity index (χ0v) is 17.8. The Morgan fingerprint density at radius 3 is 1.41 bits per heavy atom. The molecule has 0 aliphatic heterocycles. The first-order valence-electron chi connectivity index (χ1n) is 11.2. The van der Waals surface area contributed by atoms with E-state index in [1.807, 2.05) is 0 Å². The molecule has 152 valence electrons. The largest absolute Gasteiger partial charge is 0.299 e. The minimum atomic E-state index is -0.222. The first-order chi connectivity index (χ1) is 12.6. The van der Waals surface area contributed by atoms with Gasteiger partial charge in [0.05, 0.1) is 0 Å². The molecule has 3 fully saturated rings. The number of rotatable bonds is 4. The topological polar surface area (TPSA) is 51.2 Å². The lowest BCUT2D eigenvalue weighted by Crippen LogP contribution is -2.40. The molecule has 0 bridgehead atoms. The molecule has 3 saturated carbocycles. The summed E-state index contributed by atoms with van der Waals surface area (Å²) < 4.78 is 0. The molecular weight excluding hydrogens is 336 g/mol. The number of hydrogen-bond donors (Lipinski definition) is 0. The molecule has 3 aliphatic carbocycles. The minimum Gasteiger partial charge on any atom is -0.299 e. The highest BCUT2D eigenvalue weighted by Gasteiger charge is 2.43. The van der Waals surface area contributed by atoms with Gasteiger partial charge in [-0.1, -0.05) is 47.0 Å². The van der Waals surface area contributed by atoms with Crippen molar-refractivity contribution in [2.24, 2.45) is 34.5 Å². The highest BCUT2D eigenvalue weighted by Crippen LogP contribution is 2.43. The molecule has 0 N–H and O–H groups in total. The van der Waals surface area contributed by atoms with Gasteiger partial charge in [0.1, 0.15) is 17.3 Å². The van der Waals surface area contributed by atoms with Crippen molar-refractivity contribution >= 4 is 17.3 Å². The zero-order chi connectivity index (χ0) is 19.8. The molecule has 0 heterocycles. The summed E-state index contributed by atoms with van der Waals surface area (Å²) in [7, 11) is 0. The molecule has 0 aromatic rings. The molecule has 0 saturated heterocycles. The van der Waals surface area contributed by atoms with Gasteiger partial charge in [-0.15, -0.1) is 0 Å². The summed E-state index contributed by atoms with van der Waals surface area (Å²) in [5.74, 6) is 1.30. The van der Waals surface area contributed by atoms with Crippen LogP contribution in [-0.2, 0) is 14.4 Å². The quantitative estimate of drug-likeness (QED) is 0.649. The van der Waals surface area contributed by atoms with E-state index in [1.54, 1.807) is 0 Å². The van der Waals surface area contributed by atoms with Gasteiger partial charge in [0.2, 0.25) is 0 Å². The standard InChI is InChI=1S/C24H38O3/c1-23(2)12-6-10-18(21(23)26)14-16-8-5-9-17(20(16)25)15-19-11-7-13-24(3,4)22(19)27/h16-19H,5-15H2,1-4H3. The Bertz CT molecular complexity index is 551. The van der Waals surface area contributed by atoms with Crippen LogP contribution in [0.25, 0.3) is 0 Å². The normalized spacial score (nSPS) is 36.7. The maximum absolute atomic E-state index is 13.2. The second-order valence-corrected chi connectivity index (χ2v) is 10.9. The van der Waals surface area contributed by atoms with Crippen LogP contribution >= 0.6 is 0 Å². The van der Waals surface area contributed by atoms with Crippen molar-refractivity contribution in [1.82, 2.24) is 0 Å². The Balaban J connectivity index is 1.62. The van der Waals surface area contributed by atoms with Crippen molar-refractivity contribution in [2.75, 3.05) is 0 Å². The fraction of sp³-hybridized carbons (Fsp3) is 0.875. The highest BCUT2D eigenvalue weighted by molar-refractivity contribution is 5.90. The maximum atomic E-state index is 13.2. The van der Waals surface area contributed by atoms with Crippen LogP contribution in [-0.4, -0.2) is 17.3 Å². The Kier molecular flexibility index (Phi) is 5.99. The SMILES string of the molecule is CC1(C)CCCC(CC2CCCC(CC3CCCC(C)(C)C3=O)C2=O)C1=O. The predicted octanol–water partition coefficient (Wildman–Crippen LogP) is 5.54. The van der Waals surface area contributed by atoms with Crippen LogP contribution in [0.1, 0.15) is 98.3 Å². The summed E-state index contributed by atoms with van der Waals surface area (Å²) in [4.78, 5) is 38.8. The van der Waals surface area contributed by atoms with Crippen molar-refractivity contribution < 1.29 is 14.4 Å². The number of Topliss-reactive ketones (excluding diaryl/α,β-unsaturated/α-hetero) is 3. The third-order valence-electron chi connectivity index (χ3n) is 7.83. The summed E-state index contributed by atoms with van der Waals surface area (Å²) in [6.45, 7) is 8.24. The van der Waals surface area contributed by atoms with E-state index in [4.69, 9.17) is 0 Å². The predicted molar refractivity (Wildman–Crippen MR) is 107 cm³/mol. The van der Waals surface area contributed by atoms with Gasteiger partial charge in [0.25, 0.3) is 0 Å². The molecule has 3 aliphatic rings. The van der Waals surface area contributed by atoms with Crippen LogP contribution in [0, 0.1) is 34.5 Å². The lowest BCUT2D eigenvalue weighted by atomic mass is 9.64. The van der Waals surface area contributed by atoms with Crippen molar-refractivity contribution in [1.29, 1.82) is 0 Å². The maximum Gasteiger partial charge on any atom is 0.141 e. The minimum absolute atomic E-state index is 0.0401. The van der Waals surface area contributed by atoms with Gasteiger partial charge in [0.15, 0.2) is 0 Å².